The Kier molecular flexibility index (Phi) is 14.1. The summed E-state index contributed by atoms with van der Waals surface area (Å²) in [5, 5.41) is 0. The normalized spacial score (nSPS) is 8.29. The average molecular weight is 199 g/mol. The van der Waals surface area contributed by atoms with Crippen LogP contribution in [0.25, 0.3) is 0 Å². The molecule has 0 unspecified atom stereocenters. The van der Waals surface area contributed by atoms with Gasteiger partial charge in [-0.2, -0.15) is 0 Å². The summed E-state index contributed by atoms with van der Waals surface area (Å²) in [4.78, 5) is 0. The van der Waals surface area contributed by atoms with Crippen LogP contribution in [0, 0.1) is 0 Å². The fraction of sp³-hybridized carbons (Fsp3) is 0. The Morgan fingerprint density at radius 2 is 1.14 bits per heavy atom. The molecule has 0 N–H and O–H groups in total. The summed E-state index contributed by atoms with van der Waals surface area (Å²) in [6.07, 6.45) is 0. The van der Waals surface area contributed by atoms with E-state index in [9.17, 15) is 0 Å². The Bertz CT molecular complexity index is 94.9. The van der Waals surface area contributed by atoms with Crippen molar-refractivity contribution in [3.8, 4) is 0 Å². The van der Waals surface area contributed by atoms with Gasteiger partial charge in [0.25, 0.3) is 0 Å². The molecule has 0 amide bonds. The maximum atomic E-state index is 8.52. The molecule has 0 aliphatic carbocycles. The summed E-state index contributed by atoms with van der Waals surface area (Å²) in [7, 11) is -5.17. The van der Waals surface area contributed by atoms with Crippen molar-refractivity contribution in [2.75, 3.05) is 0 Å². The second-order valence-electron chi connectivity index (χ2n) is 0.408. The quantitative estimate of drug-likeness (QED) is 0.224. The number of rotatable bonds is 0. The van der Waals surface area contributed by atoms with Crippen LogP contribution in [0.2, 0.25) is 0 Å². The maximum absolute atomic E-state index is 8.52. The van der Waals surface area contributed by atoms with Crippen molar-refractivity contribution in [2.45, 2.75) is 0 Å². The molecule has 0 aromatic carbocycles. The molecule has 4 nitrogen and oxygen atoms in total. The standard InChI is InChI=1S/Cu.K.H2O4S/c;;1-5(2,3)4/h;;(H2,1,2,3,4)/q+2;+1;/p-2. The number of hydrogen-bond acceptors (Lipinski definition) is 4. The van der Waals surface area contributed by atoms with Gasteiger partial charge in [-0.3, -0.25) is 8.42 Å². The molecule has 0 saturated heterocycles. The summed E-state index contributed by atoms with van der Waals surface area (Å²) in [5.74, 6) is 0. The number of hydrogen-bond donors (Lipinski definition) is 0. The third-order valence-corrected chi connectivity index (χ3v) is 0. The molecule has 0 bridgehead atoms. The Balaban J connectivity index is -0.0000000800. The largest absolute Gasteiger partial charge is 2.00 e. The van der Waals surface area contributed by atoms with Gasteiger partial charge < -0.3 is 9.11 Å². The molecule has 0 aliphatic heterocycles. The molecule has 0 rings (SSSR count). The van der Waals surface area contributed by atoms with Gasteiger partial charge in [0, 0.05) is 10.4 Å². The molecular weight excluding hydrogens is 199 g/mol. The van der Waals surface area contributed by atoms with Gasteiger partial charge in [0.15, 0.2) is 0 Å². The average Bonchev–Trinajstić information content (AvgIpc) is 0.722. The second-order valence-corrected chi connectivity index (χ2v) is 1.22. The molecule has 1 radical (unpaired) electrons. The molecule has 0 heterocycles. The van der Waals surface area contributed by atoms with E-state index < -0.39 is 10.4 Å². The van der Waals surface area contributed by atoms with E-state index in [1.54, 1.807) is 0 Å². The van der Waals surface area contributed by atoms with Gasteiger partial charge >= 0.3 is 68.5 Å². The smallest absolute Gasteiger partial charge is 0.759 e. The van der Waals surface area contributed by atoms with E-state index in [2.05, 4.69) is 0 Å². The third-order valence-electron chi connectivity index (χ3n) is 0. The van der Waals surface area contributed by atoms with Crippen molar-refractivity contribution in [3.63, 3.8) is 0 Å². The third kappa shape index (κ3) is 71.0. The first-order valence-corrected chi connectivity index (χ1v) is 2.00. The minimum atomic E-state index is -5.17. The van der Waals surface area contributed by atoms with Crippen molar-refractivity contribution >= 4 is 10.4 Å². The fourth-order valence-electron chi connectivity index (χ4n) is 0. The molecule has 0 aliphatic rings. The van der Waals surface area contributed by atoms with Gasteiger partial charge in [-0.25, -0.2) is 0 Å². The Hall–Kier alpha value is 2.03. The van der Waals surface area contributed by atoms with Gasteiger partial charge in [0.2, 0.25) is 0 Å². The van der Waals surface area contributed by atoms with Crippen LogP contribution in [0.1, 0.15) is 0 Å². The monoisotopic (exact) mass is 198 g/mol. The van der Waals surface area contributed by atoms with Crippen LogP contribution in [-0.4, -0.2) is 17.5 Å². The Morgan fingerprint density at radius 1 is 1.14 bits per heavy atom. The molecule has 7 heteroatoms. The first kappa shape index (κ1) is 16.0. The maximum Gasteiger partial charge on any atom is 2.00 e. The van der Waals surface area contributed by atoms with Gasteiger partial charge in [-0.15, -0.1) is 0 Å². The molecule has 0 spiro atoms. The topological polar surface area (TPSA) is 80.3 Å². The van der Waals surface area contributed by atoms with Crippen LogP contribution in [0.3, 0.4) is 0 Å². The van der Waals surface area contributed by atoms with E-state index in [1.165, 1.54) is 0 Å². The van der Waals surface area contributed by atoms with E-state index >= 15 is 0 Å². The summed E-state index contributed by atoms with van der Waals surface area (Å²) in [5.41, 5.74) is 0. The zero-order chi connectivity index (χ0) is 4.50. The first-order valence-electron chi connectivity index (χ1n) is 0.667. The summed E-state index contributed by atoms with van der Waals surface area (Å²) < 4.78 is 34.1. The van der Waals surface area contributed by atoms with Crippen LogP contribution in [0.5, 0.6) is 0 Å². The van der Waals surface area contributed by atoms with E-state index in [1.807, 2.05) is 0 Å². The van der Waals surface area contributed by atoms with Crippen molar-refractivity contribution in [2.24, 2.45) is 0 Å². The van der Waals surface area contributed by atoms with Crippen LogP contribution < -0.4 is 51.4 Å². The summed E-state index contributed by atoms with van der Waals surface area (Å²) in [6, 6.07) is 0. The fourth-order valence-corrected chi connectivity index (χ4v) is 0. The molecule has 0 saturated carbocycles. The van der Waals surface area contributed by atoms with Gasteiger partial charge in [-0.1, -0.05) is 0 Å². The minimum Gasteiger partial charge on any atom is -0.759 e. The first-order chi connectivity index (χ1) is 2.00. The molecule has 0 fully saturated rings. The van der Waals surface area contributed by atoms with Gasteiger partial charge in [0.1, 0.15) is 0 Å². The summed E-state index contributed by atoms with van der Waals surface area (Å²) >= 11 is 0. The predicted molar refractivity (Wildman–Crippen MR) is 10.5 cm³/mol. The van der Waals surface area contributed by atoms with E-state index in [-0.39, 0.29) is 68.5 Å². The van der Waals surface area contributed by atoms with E-state index in [0.29, 0.717) is 0 Å². The zero-order valence-electron chi connectivity index (χ0n) is 3.34. The van der Waals surface area contributed by atoms with Crippen LogP contribution in [-0.2, 0) is 27.5 Å². The van der Waals surface area contributed by atoms with Crippen molar-refractivity contribution in [1.82, 2.24) is 0 Å². The molecule has 0 aromatic heterocycles. The second kappa shape index (κ2) is 6.15. The van der Waals surface area contributed by atoms with Crippen molar-refractivity contribution in [3.05, 3.63) is 0 Å². The zero-order valence-corrected chi connectivity index (χ0v) is 8.22. The molecule has 41 valence electrons. The van der Waals surface area contributed by atoms with Crippen molar-refractivity contribution in [1.29, 1.82) is 0 Å². The van der Waals surface area contributed by atoms with Crippen LogP contribution >= 0.6 is 0 Å². The van der Waals surface area contributed by atoms with Crippen LogP contribution in [0.4, 0.5) is 0 Å². The predicted octanol–water partition coefficient (Wildman–Crippen LogP) is -4.34. The summed E-state index contributed by atoms with van der Waals surface area (Å²) in [6.45, 7) is 0. The molecular formula is CuKO4S+. The van der Waals surface area contributed by atoms with Gasteiger partial charge in [0.05, 0.1) is 0 Å². The Labute approximate surface area is 94.5 Å². The minimum absolute atomic E-state index is 0. The van der Waals surface area contributed by atoms with Crippen molar-refractivity contribution < 1.29 is 86.0 Å². The van der Waals surface area contributed by atoms with E-state index in [0.717, 1.165) is 0 Å². The Morgan fingerprint density at radius 3 is 1.14 bits per heavy atom. The van der Waals surface area contributed by atoms with E-state index in [4.69, 9.17) is 17.5 Å². The van der Waals surface area contributed by atoms with Crippen LogP contribution in [0.15, 0.2) is 0 Å². The molecule has 7 heavy (non-hydrogen) atoms. The molecule has 0 atom stereocenters. The molecule has 0 aromatic rings. The SMILES string of the molecule is O=S(=O)([O-])[O-].[Cu+2].[K+]. The van der Waals surface area contributed by atoms with Gasteiger partial charge in [-0.05, 0) is 0 Å².